The highest BCUT2D eigenvalue weighted by molar-refractivity contribution is 7.89. The Morgan fingerprint density at radius 2 is 1.48 bits per heavy atom. The predicted molar refractivity (Wildman–Crippen MR) is 121 cm³/mol. The van der Waals surface area contributed by atoms with Gasteiger partial charge in [-0.2, -0.15) is 4.31 Å². The molecule has 31 heavy (non-hydrogen) atoms. The van der Waals surface area contributed by atoms with Gasteiger partial charge in [-0.25, -0.2) is 8.42 Å². The average Bonchev–Trinajstić information content (AvgIpc) is 2.78. The van der Waals surface area contributed by atoms with Gasteiger partial charge >= 0.3 is 0 Å². The van der Waals surface area contributed by atoms with Crippen molar-refractivity contribution in [3.63, 3.8) is 0 Å². The zero-order chi connectivity index (χ0) is 22.4. The number of Topliss-reactive ketones (excluding diaryl/α,β-unsaturated/α-hetero) is 1. The third-order valence-corrected chi connectivity index (χ3v) is 8.14. The van der Waals surface area contributed by atoms with Gasteiger partial charge in [0.2, 0.25) is 15.9 Å². The van der Waals surface area contributed by atoms with Crippen molar-refractivity contribution in [2.75, 3.05) is 26.2 Å². The fourth-order valence-corrected chi connectivity index (χ4v) is 5.65. The maximum Gasteiger partial charge on any atom is 0.244 e. The minimum Gasteiger partial charge on any atom is -0.340 e. The zero-order valence-electron chi connectivity index (χ0n) is 17.0. The van der Waals surface area contributed by atoms with Crippen LogP contribution in [0.2, 0.25) is 10.0 Å². The van der Waals surface area contributed by atoms with Gasteiger partial charge in [0, 0.05) is 44.6 Å². The van der Waals surface area contributed by atoms with Crippen LogP contribution in [0, 0.1) is 0 Å². The Bertz CT molecular complexity index is 1040. The maximum atomic E-state index is 12.9. The number of sulfonamides is 1. The molecule has 0 N–H and O–H groups in total. The number of hydrogen-bond donors (Lipinski definition) is 0. The fourth-order valence-electron chi connectivity index (χ4n) is 3.49. The van der Waals surface area contributed by atoms with E-state index in [-0.39, 0.29) is 39.7 Å². The lowest BCUT2D eigenvalue weighted by Crippen LogP contribution is -2.50. The zero-order valence-corrected chi connectivity index (χ0v) is 19.3. The number of carbonyl (C=O) groups excluding carboxylic acids is 2. The minimum absolute atomic E-state index is 0.00715. The van der Waals surface area contributed by atoms with Gasteiger partial charge in [0.25, 0.3) is 0 Å². The smallest absolute Gasteiger partial charge is 0.244 e. The highest BCUT2D eigenvalue weighted by Crippen LogP contribution is 2.31. The van der Waals surface area contributed by atoms with Crippen LogP contribution in [0.3, 0.4) is 0 Å². The standard InChI is InChI=1S/C22H24Cl2N2O4S/c23-18-9-6-11-20(22(18)24)31(29,30)26-15-13-25(14-16-26)21(28)12-5-4-10-19(27)17-7-2-1-3-8-17/h1-3,6-9,11H,4-5,10,12-16H2. The number of rotatable bonds is 8. The van der Waals surface area contributed by atoms with E-state index in [0.29, 0.717) is 44.3 Å². The van der Waals surface area contributed by atoms with Crippen molar-refractivity contribution in [1.29, 1.82) is 0 Å². The predicted octanol–water partition coefficient (Wildman–Crippen LogP) is 4.27. The van der Waals surface area contributed by atoms with Gasteiger partial charge in [-0.05, 0) is 25.0 Å². The van der Waals surface area contributed by atoms with E-state index in [2.05, 4.69) is 0 Å². The lowest BCUT2D eigenvalue weighted by Gasteiger charge is -2.34. The maximum absolute atomic E-state index is 12.9. The molecule has 1 fully saturated rings. The Kier molecular flexibility index (Phi) is 8.11. The van der Waals surface area contributed by atoms with Crippen LogP contribution in [0.1, 0.15) is 36.0 Å². The lowest BCUT2D eigenvalue weighted by atomic mass is 10.0. The molecule has 2 aromatic rings. The number of nitrogens with zero attached hydrogens (tertiary/aromatic N) is 2. The summed E-state index contributed by atoms with van der Waals surface area (Å²) < 4.78 is 27.1. The van der Waals surface area contributed by atoms with Crippen LogP contribution in [0.25, 0.3) is 0 Å². The molecule has 0 saturated carbocycles. The molecule has 0 bridgehead atoms. The van der Waals surface area contributed by atoms with E-state index in [9.17, 15) is 18.0 Å². The van der Waals surface area contributed by atoms with Gasteiger partial charge in [-0.15, -0.1) is 0 Å². The summed E-state index contributed by atoms with van der Waals surface area (Å²) >= 11 is 12.0. The minimum atomic E-state index is -3.78. The van der Waals surface area contributed by atoms with Gasteiger partial charge in [0.05, 0.1) is 10.0 Å². The number of ketones is 1. The largest absolute Gasteiger partial charge is 0.340 e. The molecule has 0 spiro atoms. The van der Waals surface area contributed by atoms with Crippen LogP contribution in [0.15, 0.2) is 53.4 Å². The van der Waals surface area contributed by atoms with Crippen molar-refractivity contribution >= 4 is 44.9 Å². The van der Waals surface area contributed by atoms with Crippen molar-refractivity contribution in [2.24, 2.45) is 0 Å². The van der Waals surface area contributed by atoms with Crippen molar-refractivity contribution < 1.29 is 18.0 Å². The van der Waals surface area contributed by atoms with Crippen molar-refractivity contribution in [3.8, 4) is 0 Å². The van der Waals surface area contributed by atoms with Crippen LogP contribution >= 0.6 is 23.2 Å². The molecule has 1 aliphatic heterocycles. The third kappa shape index (κ3) is 5.86. The summed E-state index contributed by atoms with van der Waals surface area (Å²) in [6.07, 6.45) is 2.01. The molecule has 6 nitrogen and oxygen atoms in total. The molecule has 0 unspecified atom stereocenters. The second kappa shape index (κ2) is 10.6. The van der Waals surface area contributed by atoms with Crippen molar-refractivity contribution in [1.82, 2.24) is 9.21 Å². The lowest BCUT2D eigenvalue weighted by molar-refractivity contribution is -0.132. The number of amides is 1. The molecular formula is C22H24Cl2N2O4S. The second-order valence-electron chi connectivity index (χ2n) is 7.33. The highest BCUT2D eigenvalue weighted by atomic mass is 35.5. The van der Waals surface area contributed by atoms with Gasteiger partial charge in [-0.3, -0.25) is 9.59 Å². The van der Waals surface area contributed by atoms with E-state index < -0.39 is 10.0 Å². The first-order valence-corrected chi connectivity index (χ1v) is 12.3. The van der Waals surface area contributed by atoms with Crippen LogP contribution in [-0.2, 0) is 14.8 Å². The Hall–Kier alpha value is -1.93. The van der Waals surface area contributed by atoms with Gasteiger partial charge in [0.1, 0.15) is 4.90 Å². The molecule has 9 heteroatoms. The molecule has 1 saturated heterocycles. The summed E-state index contributed by atoms with van der Waals surface area (Å²) in [5.41, 5.74) is 0.686. The van der Waals surface area contributed by atoms with E-state index >= 15 is 0 Å². The first-order valence-electron chi connectivity index (χ1n) is 10.1. The molecule has 3 rings (SSSR count). The Morgan fingerprint density at radius 1 is 0.839 bits per heavy atom. The van der Waals surface area contributed by atoms with E-state index in [0.717, 1.165) is 0 Å². The summed E-state index contributed by atoms with van der Waals surface area (Å²) in [6, 6.07) is 13.6. The third-order valence-electron chi connectivity index (χ3n) is 5.27. The van der Waals surface area contributed by atoms with Gasteiger partial charge in [-0.1, -0.05) is 59.6 Å². The average molecular weight is 483 g/mol. The molecule has 1 heterocycles. The molecular weight excluding hydrogens is 459 g/mol. The monoisotopic (exact) mass is 482 g/mol. The SMILES string of the molecule is O=C(CCCCC(=O)N1CCN(S(=O)(=O)c2cccc(Cl)c2Cl)CC1)c1ccccc1. The number of benzene rings is 2. The quantitative estimate of drug-likeness (QED) is 0.415. The number of unbranched alkanes of at least 4 members (excludes halogenated alkanes) is 1. The molecule has 0 radical (unpaired) electrons. The molecule has 166 valence electrons. The molecule has 2 aromatic carbocycles. The normalized spacial score (nSPS) is 15.1. The fraction of sp³-hybridized carbons (Fsp3) is 0.364. The Balaban J connectivity index is 1.45. The summed E-state index contributed by atoms with van der Waals surface area (Å²) in [7, 11) is -3.78. The van der Waals surface area contributed by atoms with E-state index in [1.54, 1.807) is 23.1 Å². The molecule has 0 aliphatic carbocycles. The summed E-state index contributed by atoms with van der Waals surface area (Å²) in [6.45, 7) is 1.03. The number of halogens is 2. The topological polar surface area (TPSA) is 74.8 Å². The van der Waals surface area contributed by atoms with E-state index in [4.69, 9.17) is 23.2 Å². The van der Waals surface area contributed by atoms with Crippen LogP contribution in [-0.4, -0.2) is 55.5 Å². The first kappa shape index (κ1) is 23.7. The van der Waals surface area contributed by atoms with E-state index in [1.165, 1.54) is 16.4 Å². The van der Waals surface area contributed by atoms with E-state index in [1.807, 2.05) is 18.2 Å². The van der Waals surface area contributed by atoms with Gasteiger partial charge < -0.3 is 4.90 Å². The number of carbonyl (C=O) groups is 2. The molecule has 0 atom stereocenters. The Labute approximate surface area is 192 Å². The molecule has 0 aromatic heterocycles. The first-order chi connectivity index (χ1) is 14.8. The number of hydrogen-bond acceptors (Lipinski definition) is 4. The summed E-state index contributed by atoms with van der Waals surface area (Å²) in [4.78, 5) is 26.2. The summed E-state index contributed by atoms with van der Waals surface area (Å²) in [5.74, 6) is 0.0524. The van der Waals surface area contributed by atoms with Crippen LogP contribution < -0.4 is 0 Å². The number of piperazine rings is 1. The van der Waals surface area contributed by atoms with Gasteiger partial charge in [0.15, 0.2) is 5.78 Å². The molecule has 1 amide bonds. The Morgan fingerprint density at radius 3 is 2.16 bits per heavy atom. The highest BCUT2D eigenvalue weighted by Gasteiger charge is 2.31. The van der Waals surface area contributed by atoms with Crippen molar-refractivity contribution in [2.45, 2.75) is 30.6 Å². The second-order valence-corrected chi connectivity index (χ2v) is 10.0. The summed E-state index contributed by atoms with van der Waals surface area (Å²) in [5, 5.41) is 0.190. The van der Waals surface area contributed by atoms with Crippen LogP contribution in [0.4, 0.5) is 0 Å². The van der Waals surface area contributed by atoms with Crippen molar-refractivity contribution in [3.05, 3.63) is 64.1 Å². The van der Waals surface area contributed by atoms with Crippen LogP contribution in [0.5, 0.6) is 0 Å². The molecule has 1 aliphatic rings.